The highest BCUT2D eigenvalue weighted by Crippen LogP contribution is 2.39. The molecule has 0 spiro atoms. The van der Waals surface area contributed by atoms with Gasteiger partial charge < -0.3 is 5.11 Å². The van der Waals surface area contributed by atoms with Gasteiger partial charge in [-0.1, -0.05) is 61.5 Å². The van der Waals surface area contributed by atoms with Gasteiger partial charge in [0.2, 0.25) is 0 Å². The third-order valence-electron chi connectivity index (χ3n) is 8.01. The van der Waals surface area contributed by atoms with E-state index in [0.29, 0.717) is 5.92 Å². The highest BCUT2D eigenvalue weighted by Gasteiger charge is 2.24. The van der Waals surface area contributed by atoms with Gasteiger partial charge >= 0.3 is 0 Å². The van der Waals surface area contributed by atoms with Crippen LogP contribution in [0.4, 0.5) is 0 Å². The summed E-state index contributed by atoms with van der Waals surface area (Å²) in [5.41, 5.74) is 4.56. The van der Waals surface area contributed by atoms with Crippen LogP contribution in [0.1, 0.15) is 99.7 Å². The van der Waals surface area contributed by atoms with E-state index in [4.69, 9.17) is 0 Å². The Morgan fingerprint density at radius 2 is 1.40 bits per heavy atom. The van der Waals surface area contributed by atoms with E-state index >= 15 is 0 Å². The van der Waals surface area contributed by atoms with Gasteiger partial charge in [-0.05, 0) is 111 Å². The van der Waals surface area contributed by atoms with Crippen LogP contribution < -0.4 is 0 Å². The minimum Gasteiger partial charge on any atom is -0.393 e. The van der Waals surface area contributed by atoms with Crippen LogP contribution in [0.3, 0.4) is 0 Å². The van der Waals surface area contributed by atoms with Crippen molar-refractivity contribution in [1.29, 1.82) is 0 Å². The molecule has 4 rings (SSSR count). The van der Waals surface area contributed by atoms with Crippen molar-refractivity contribution in [3.63, 3.8) is 0 Å². The Bertz CT molecular complexity index is 734. The highest BCUT2D eigenvalue weighted by molar-refractivity contribution is 5.26. The Morgan fingerprint density at radius 1 is 0.767 bits per heavy atom. The van der Waals surface area contributed by atoms with Gasteiger partial charge in [0.25, 0.3) is 0 Å². The standard InChI is InChI=1S/C29H40O/c1-22(26-5-3-2-4-6-26)21-25-11-17-28(18-12-25)27-15-9-23(10-16-27)7-8-24-13-19-29(30)20-14-24/h2-6,9-10,15-16,22,24-25,28-30H,7-8,11-14,17-21H2,1H3/t22-,24?,25?,28?,29?/m1/s1. The summed E-state index contributed by atoms with van der Waals surface area (Å²) < 4.78 is 0. The zero-order valence-corrected chi connectivity index (χ0v) is 18.8. The minimum atomic E-state index is -0.0304. The lowest BCUT2D eigenvalue weighted by molar-refractivity contribution is 0.106. The molecule has 162 valence electrons. The molecule has 2 fully saturated rings. The molecule has 2 aromatic carbocycles. The van der Waals surface area contributed by atoms with Crippen molar-refractivity contribution in [3.05, 3.63) is 71.3 Å². The van der Waals surface area contributed by atoms with Crippen molar-refractivity contribution in [2.24, 2.45) is 11.8 Å². The molecule has 0 radical (unpaired) electrons. The molecule has 0 bridgehead atoms. The summed E-state index contributed by atoms with van der Waals surface area (Å²) in [6, 6.07) is 20.6. The van der Waals surface area contributed by atoms with Crippen LogP contribution in [0.25, 0.3) is 0 Å². The molecule has 2 aliphatic carbocycles. The number of aliphatic hydroxyl groups is 1. The second-order valence-corrected chi connectivity index (χ2v) is 10.2. The van der Waals surface area contributed by atoms with Crippen molar-refractivity contribution in [2.45, 2.75) is 95.5 Å². The van der Waals surface area contributed by atoms with Crippen LogP contribution in [0.5, 0.6) is 0 Å². The van der Waals surface area contributed by atoms with E-state index in [1.165, 1.54) is 68.9 Å². The molecule has 0 saturated heterocycles. The van der Waals surface area contributed by atoms with E-state index in [2.05, 4.69) is 61.5 Å². The topological polar surface area (TPSA) is 20.2 Å². The second-order valence-electron chi connectivity index (χ2n) is 10.2. The van der Waals surface area contributed by atoms with E-state index in [0.717, 1.165) is 30.6 Å². The summed E-state index contributed by atoms with van der Waals surface area (Å²) in [5, 5.41) is 9.68. The van der Waals surface area contributed by atoms with Crippen LogP contribution in [-0.4, -0.2) is 11.2 Å². The molecular weight excluding hydrogens is 364 g/mol. The van der Waals surface area contributed by atoms with Crippen molar-refractivity contribution in [1.82, 2.24) is 0 Å². The highest BCUT2D eigenvalue weighted by atomic mass is 16.3. The molecule has 0 aromatic heterocycles. The Balaban J connectivity index is 1.21. The molecule has 2 saturated carbocycles. The summed E-state index contributed by atoms with van der Waals surface area (Å²) in [7, 11) is 0. The first-order valence-electron chi connectivity index (χ1n) is 12.5. The van der Waals surface area contributed by atoms with Crippen LogP contribution >= 0.6 is 0 Å². The van der Waals surface area contributed by atoms with E-state index in [1.54, 1.807) is 5.56 Å². The van der Waals surface area contributed by atoms with Crippen molar-refractivity contribution in [3.8, 4) is 0 Å². The SMILES string of the molecule is C[C@H](CC1CCC(c2ccc(CCC3CCC(O)CC3)cc2)CC1)c1ccccc1. The third kappa shape index (κ3) is 5.97. The predicted octanol–water partition coefficient (Wildman–Crippen LogP) is 7.64. The number of aryl methyl sites for hydroxylation is 1. The molecule has 0 aliphatic heterocycles. The Labute approximate surface area is 183 Å². The average molecular weight is 405 g/mol. The first-order valence-corrected chi connectivity index (χ1v) is 12.5. The predicted molar refractivity (Wildman–Crippen MR) is 127 cm³/mol. The van der Waals surface area contributed by atoms with Gasteiger partial charge in [0.05, 0.1) is 6.10 Å². The van der Waals surface area contributed by atoms with Crippen LogP contribution in [-0.2, 0) is 6.42 Å². The lowest BCUT2D eigenvalue weighted by Gasteiger charge is -2.30. The Hall–Kier alpha value is -1.60. The van der Waals surface area contributed by atoms with Gasteiger partial charge in [-0.15, -0.1) is 0 Å². The van der Waals surface area contributed by atoms with E-state index < -0.39 is 0 Å². The number of rotatable bonds is 7. The zero-order chi connectivity index (χ0) is 20.8. The van der Waals surface area contributed by atoms with Crippen LogP contribution in [0.15, 0.2) is 54.6 Å². The normalized spacial score (nSPS) is 28.2. The summed E-state index contributed by atoms with van der Waals surface area (Å²) in [6.07, 6.45) is 13.7. The number of hydrogen-bond acceptors (Lipinski definition) is 1. The largest absolute Gasteiger partial charge is 0.393 e. The quantitative estimate of drug-likeness (QED) is 0.503. The monoisotopic (exact) mass is 404 g/mol. The molecule has 2 aromatic rings. The van der Waals surface area contributed by atoms with Crippen LogP contribution in [0, 0.1) is 11.8 Å². The summed E-state index contributed by atoms with van der Waals surface area (Å²) in [4.78, 5) is 0. The summed E-state index contributed by atoms with van der Waals surface area (Å²) >= 11 is 0. The molecule has 30 heavy (non-hydrogen) atoms. The minimum absolute atomic E-state index is 0.0304. The van der Waals surface area contributed by atoms with E-state index in [9.17, 15) is 5.11 Å². The smallest absolute Gasteiger partial charge is 0.0540 e. The van der Waals surface area contributed by atoms with Crippen LogP contribution in [0.2, 0.25) is 0 Å². The number of benzene rings is 2. The fraction of sp³-hybridized carbons (Fsp3) is 0.586. The molecule has 0 amide bonds. The maximum Gasteiger partial charge on any atom is 0.0540 e. The molecule has 1 heteroatoms. The molecule has 1 nitrogen and oxygen atoms in total. The van der Waals surface area contributed by atoms with Gasteiger partial charge in [-0.2, -0.15) is 0 Å². The maximum atomic E-state index is 9.68. The number of aliphatic hydroxyl groups excluding tert-OH is 1. The van der Waals surface area contributed by atoms with Gasteiger partial charge in [0.15, 0.2) is 0 Å². The summed E-state index contributed by atoms with van der Waals surface area (Å²) in [5.74, 6) is 3.16. The lowest BCUT2D eigenvalue weighted by Crippen LogP contribution is -2.18. The Kier molecular flexibility index (Phi) is 7.66. The second kappa shape index (κ2) is 10.6. The summed E-state index contributed by atoms with van der Waals surface area (Å²) in [6.45, 7) is 2.40. The lowest BCUT2D eigenvalue weighted by atomic mass is 9.75. The molecule has 1 N–H and O–H groups in total. The zero-order valence-electron chi connectivity index (χ0n) is 18.8. The van der Waals surface area contributed by atoms with Gasteiger partial charge in [0, 0.05) is 0 Å². The maximum absolute atomic E-state index is 9.68. The number of hydrogen-bond donors (Lipinski definition) is 1. The van der Waals surface area contributed by atoms with Crippen molar-refractivity contribution >= 4 is 0 Å². The van der Waals surface area contributed by atoms with E-state index in [-0.39, 0.29) is 6.10 Å². The molecule has 1 atom stereocenters. The third-order valence-corrected chi connectivity index (χ3v) is 8.01. The Morgan fingerprint density at radius 3 is 2.07 bits per heavy atom. The van der Waals surface area contributed by atoms with E-state index in [1.807, 2.05) is 0 Å². The molecule has 0 heterocycles. The fourth-order valence-electron chi connectivity index (χ4n) is 5.91. The molecular formula is C29H40O. The van der Waals surface area contributed by atoms with Gasteiger partial charge in [0.1, 0.15) is 0 Å². The van der Waals surface area contributed by atoms with Gasteiger partial charge in [-0.3, -0.25) is 0 Å². The first kappa shape index (κ1) is 21.6. The fourth-order valence-corrected chi connectivity index (χ4v) is 5.91. The van der Waals surface area contributed by atoms with Crippen molar-refractivity contribution in [2.75, 3.05) is 0 Å². The van der Waals surface area contributed by atoms with Crippen molar-refractivity contribution < 1.29 is 5.11 Å². The van der Waals surface area contributed by atoms with Gasteiger partial charge in [-0.25, -0.2) is 0 Å². The molecule has 0 unspecified atom stereocenters. The molecule has 2 aliphatic rings. The first-order chi connectivity index (χ1) is 14.7. The average Bonchev–Trinajstić information content (AvgIpc) is 2.80.